The second-order valence-electron chi connectivity index (χ2n) is 8.75. The zero-order valence-electron chi connectivity index (χ0n) is 21.3. The van der Waals surface area contributed by atoms with Crippen molar-refractivity contribution < 1.29 is 34.4 Å². The Balaban J connectivity index is 0.000000224. The first kappa shape index (κ1) is 31.8. The molecule has 0 radical (unpaired) electrons. The average Bonchev–Trinajstić information content (AvgIpc) is 3.85. The Morgan fingerprint density at radius 3 is 2.23 bits per heavy atom. The normalized spacial score (nSPS) is 15.6. The molecule has 0 unspecified atom stereocenters. The number of rotatable bonds is 4. The van der Waals surface area contributed by atoms with Crippen molar-refractivity contribution in [2.45, 2.75) is 37.8 Å². The first-order valence-corrected chi connectivity index (χ1v) is 12.9. The van der Waals surface area contributed by atoms with Crippen molar-refractivity contribution in [2.75, 3.05) is 0 Å². The van der Waals surface area contributed by atoms with Crippen molar-refractivity contribution in [3.05, 3.63) is 100 Å². The van der Waals surface area contributed by atoms with Gasteiger partial charge in [0, 0.05) is 36.2 Å². The molecule has 2 saturated carbocycles. The molecule has 0 spiro atoms. The van der Waals surface area contributed by atoms with E-state index < -0.39 is 0 Å². The van der Waals surface area contributed by atoms with E-state index >= 15 is 0 Å². The summed E-state index contributed by atoms with van der Waals surface area (Å²) in [7, 11) is 0. The van der Waals surface area contributed by atoms with Gasteiger partial charge in [-0.3, -0.25) is 4.79 Å². The van der Waals surface area contributed by atoms with Crippen molar-refractivity contribution in [1.82, 2.24) is 5.32 Å². The quantitative estimate of drug-likeness (QED) is 0.200. The molecule has 39 heavy (non-hydrogen) atoms. The number of carbonyl (C=O) groups is 1. The zero-order chi connectivity index (χ0) is 27.3. The van der Waals surface area contributed by atoms with Crippen LogP contribution < -0.4 is 15.4 Å². The second-order valence-corrected chi connectivity index (χ2v) is 9.12. The molecule has 0 saturated heterocycles. The predicted octanol–water partition coefficient (Wildman–Crippen LogP) is 4.27. The summed E-state index contributed by atoms with van der Waals surface area (Å²) in [4.78, 5) is 15.1. The van der Waals surface area contributed by atoms with Gasteiger partial charge in [0.2, 0.25) is 0 Å². The van der Waals surface area contributed by atoms with E-state index in [0.29, 0.717) is 12.1 Å². The van der Waals surface area contributed by atoms with Gasteiger partial charge in [0.25, 0.3) is 0 Å². The number of isothiocyanates is 2. The first-order valence-electron chi connectivity index (χ1n) is 12.1. The fourth-order valence-corrected chi connectivity index (χ4v) is 3.75. The maximum Gasteiger partial charge on any atom is 2.00 e. The molecule has 0 atom stereocenters. The largest absolute Gasteiger partial charge is 2.00 e. The van der Waals surface area contributed by atoms with Gasteiger partial charge in [0.15, 0.2) is 18.0 Å². The average molecular weight is 604 g/mol. The number of carbonyl (C=O) groups excluding carboxylic acids is 1. The Hall–Kier alpha value is -3.44. The van der Waals surface area contributed by atoms with Crippen LogP contribution in [0.3, 0.4) is 0 Å². The minimum Gasteiger partial charge on any atom is -0.872 e. The number of fused-ring (bicyclic) bond motifs is 2. The SMILES string of the molecule is O=C1C=Cc2ccccc2C1=CNC1CC1.[N-]=C=S.[N-]=C=S.[O-]c1ccc2ccccc2c1C=[NH+]C1CC1.[Zn+2]. The zero-order valence-corrected chi connectivity index (χ0v) is 25.9. The van der Waals surface area contributed by atoms with Crippen molar-refractivity contribution in [3.8, 4) is 5.75 Å². The van der Waals surface area contributed by atoms with E-state index in [9.17, 15) is 9.90 Å². The summed E-state index contributed by atoms with van der Waals surface area (Å²) in [5.74, 6) is 0.179. The van der Waals surface area contributed by atoms with Gasteiger partial charge in [-0.15, -0.1) is 0 Å². The minimum absolute atomic E-state index is 0. The Morgan fingerprint density at radius 2 is 1.56 bits per heavy atom. The molecule has 2 N–H and O–H groups in total. The van der Waals surface area contributed by atoms with Crippen LogP contribution in [-0.2, 0) is 24.3 Å². The van der Waals surface area contributed by atoms with E-state index in [-0.39, 0.29) is 31.0 Å². The molecule has 0 aliphatic heterocycles. The van der Waals surface area contributed by atoms with Crippen LogP contribution in [-0.4, -0.2) is 34.4 Å². The number of nitrogens with one attached hydrogen (secondary N) is 2. The fraction of sp³-hybridized carbons (Fsp3) is 0.200. The molecular weight excluding hydrogens is 578 g/mol. The summed E-state index contributed by atoms with van der Waals surface area (Å²) in [6, 6.07) is 20.7. The van der Waals surface area contributed by atoms with Gasteiger partial charge in [-0.25, -0.2) is 4.99 Å². The van der Waals surface area contributed by atoms with Gasteiger partial charge in [0.05, 0.1) is 0 Å². The standard InChI is InChI=1S/2C14H13NO.2CNS.Zn/c2*16-14-8-5-10-3-1-2-4-12(10)13(14)9-15-11-6-7-11;2*2-1-3;/h1-5,8-9,11,16H,6-7H2;1-5,8-9,11,15H,6-7H2;;;/q;;2*-1;+2. The van der Waals surface area contributed by atoms with E-state index in [1.54, 1.807) is 12.1 Å². The van der Waals surface area contributed by atoms with Crippen molar-refractivity contribution in [3.63, 3.8) is 0 Å². The van der Waals surface area contributed by atoms with Crippen LogP contribution in [0.2, 0.25) is 0 Å². The topological polar surface area (TPSA) is 111 Å². The summed E-state index contributed by atoms with van der Waals surface area (Å²) in [6.45, 7) is 0. The number of benzene rings is 3. The Bertz CT molecular complexity index is 1440. The van der Waals surface area contributed by atoms with E-state index in [0.717, 1.165) is 33.0 Å². The van der Waals surface area contributed by atoms with Crippen molar-refractivity contribution >= 4 is 69.2 Å². The third-order valence-electron chi connectivity index (χ3n) is 5.94. The molecule has 3 aromatic carbocycles. The third-order valence-corrected chi connectivity index (χ3v) is 5.94. The van der Waals surface area contributed by atoms with Gasteiger partial charge in [-0.05, 0) is 40.8 Å². The van der Waals surface area contributed by atoms with E-state index in [1.807, 2.05) is 73.1 Å². The first-order chi connectivity index (χ1) is 18.5. The number of hydrogen-bond donors (Lipinski definition) is 2. The Kier molecular flexibility index (Phi) is 13.5. The monoisotopic (exact) mass is 602 g/mol. The van der Waals surface area contributed by atoms with E-state index in [4.69, 9.17) is 10.8 Å². The van der Waals surface area contributed by atoms with Crippen LogP contribution in [0.15, 0.2) is 72.9 Å². The number of thiocarbonyl (C=S) groups is 2. The van der Waals surface area contributed by atoms with E-state index in [1.165, 1.54) is 36.0 Å². The van der Waals surface area contributed by atoms with Gasteiger partial charge in [0.1, 0.15) is 0 Å². The van der Waals surface area contributed by atoms with Crippen LogP contribution in [0.1, 0.15) is 42.4 Å². The molecule has 0 heterocycles. The summed E-state index contributed by atoms with van der Waals surface area (Å²) in [5.41, 5.74) is 3.71. The molecule has 3 aliphatic carbocycles. The van der Waals surface area contributed by atoms with Gasteiger partial charge >= 0.3 is 19.5 Å². The molecular formula is C30H26N4O2S2Zn. The summed E-state index contributed by atoms with van der Waals surface area (Å²) < 4.78 is 0. The third kappa shape index (κ3) is 9.99. The van der Waals surface area contributed by atoms with Crippen molar-refractivity contribution in [1.29, 1.82) is 0 Å². The van der Waals surface area contributed by atoms with Crippen LogP contribution in [0.4, 0.5) is 0 Å². The van der Waals surface area contributed by atoms with Crippen LogP contribution in [0, 0.1) is 0 Å². The molecule has 9 heteroatoms. The van der Waals surface area contributed by atoms with Crippen LogP contribution in [0.5, 0.6) is 5.75 Å². The van der Waals surface area contributed by atoms with Crippen LogP contribution >= 0.6 is 24.4 Å². The molecule has 192 valence electrons. The molecule has 2 fully saturated rings. The molecule has 0 aromatic heterocycles. The predicted molar refractivity (Wildman–Crippen MR) is 159 cm³/mol. The van der Waals surface area contributed by atoms with E-state index in [2.05, 4.69) is 34.7 Å². The van der Waals surface area contributed by atoms with Crippen molar-refractivity contribution in [2.24, 2.45) is 0 Å². The number of allylic oxidation sites excluding steroid dienone is 2. The number of ketones is 1. The van der Waals surface area contributed by atoms with Gasteiger partial charge < -0.3 is 21.2 Å². The van der Waals surface area contributed by atoms with Gasteiger partial charge in [-0.1, -0.05) is 96.9 Å². The molecule has 3 aromatic rings. The van der Waals surface area contributed by atoms with Gasteiger partial charge in [-0.2, -0.15) is 10.3 Å². The summed E-state index contributed by atoms with van der Waals surface area (Å²) in [6.07, 6.45) is 12.1. The molecule has 0 bridgehead atoms. The number of hydrogen-bond acceptors (Lipinski definition) is 5. The summed E-state index contributed by atoms with van der Waals surface area (Å²) in [5, 5.41) is 34.2. The Morgan fingerprint density at radius 1 is 0.923 bits per heavy atom. The van der Waals surface area contributed by atoms with Crippen LogP contribution in [0.25, 0.3) is 33.2 Å². The molecule has 6 rings (SSSR count). The molecule has 6 nitrogen and oxygen atoms in total. The molecule has 3 aliphatic rings. The maximum atomic E-state index is 11.8. The molecule has 0 amide bonds. The number of nitrogens with zero attached hydrogens (tertiary/aromatic N) is 2. The maximum absolute atomic E-state index is 11.8. The minimum atomic E-state index is 0. The summed E-state index contributed by atoms with van der Waals surface area (Å²) >= 11 is 7.40. The fourth-order valence-electron chi connectivity index (χ4n) is 3.75. The smallest absolute Gasteiger partial charge is 0.872 e. The Labute approximate surface area is 251 Å². The second kappa shape index (κ2) is 16.5.